The van der Waals surface area contributed by atoms with Crippen molar-refractivity contribution in [3.8, 4) is 5.69 Å². The SMILES string of the molecule is Brc1ccc(I)cc1-n1nnnc1C1CCCCC1. The van der Waals surface area contributed by atoms with Gasteiger partial charge in [-0.1, -0.05) is 19.3 Å². The van der Waals surface area contributed by atoms with Gasteiger partial charge in [-0.25, -0.2) is 0 Å². The lowest BCUT2D eigenvalue weighted by atomic mass is 9.89. The molecule has 3 rings (SSSR count). The van der Waals surface area contributed by atoms with E-state index < -0.39 is 0 Å². The fourth-order valence-electron chi connectivity index (χ4n) is 2.63. The Morgan fingerprint density at radius 1 is 1.21 bits per heavy atom. The number of halogens is 2. The molecule has 0 amide bonds. The highest BCUT2D eigenvalue weighted by molar-refractivity contribution is 14.1. The maximum Gasteiger partial charge on any atom is 0.159 e. The Morgan fingerprint density at radius 2 is 2.00 bits per heavy atom. The summed E-state index contributed by atoms with van der Waals surface area (Å²) in [6, 6.07) is 6.22. The number of rotatable bonds is 2. The highest BCUT2D eigenvalue weighted by atomic mass is 127. The van der Waals surface area contributed by atoms with Gasteiger partial charge in [-0.3, -0.25) is 0 Å². The lowest BCUT2D eigenvalue weighted by molar-refractivity contribution is 0.422. The lowest BCUT2D eigenvalue weighted by Crippen LogP contribution is -2.12. The van der Waals surface area contributed by atoms with Crippen molar-refractivity contribution in [2.24, 2.45) is 0 Å². The Hall–Kier alpha value is -0.500. The molecule has 1 aromatic heterocycles. The number of hydrogen-bond acceptors (Lipinski definition) is 3. The minimum absolute atomic E-state index is 0.494. The van der Waals surface area contributed by atoms with Crippen LogP contribution in [0.2, 0.25) is 0 Å². The average Bonchev–Trinajstić information content (AvgIpc) is 2.91. The van der Waals surface area contributed by atoms with Gasteiger partial charge in [0.05, 0.1) is 5.69 Å². The van der Waals surface area contributed by atoms with Gasteiger partial charge in [0, 0.05) is 14.0 Å². The van der Waals surface area contributed by atoms with E-state index in [9.17, 15) is 0 Å². The quantitative estimate of drug-likeness (QED) is 0.671. The third-order valence-corrected chi connectivity index (χ3v) is 4.94. The van der Waals surface area contributed by atoms with Crippen molar-refractivity contribution in [2.75, 3.05) is 0 Å². The van der Waals surface area contributed by atoms with Crippen LogP contribution in [0.4, 0.5) is 0 Å². The molecule has 1 saturated carbocycles. The van der Waals surface area contributed by atoms with E-state index in [4.69, 9.17) is 0 Å². The Morgan fingerprint density at radius 3 is 2.79 bits per heavy atom. The molecule has 0 bridgehead atoms. The van der Waals surface area contributed by atoms with Crippen LogP contribution in [0.5, 0.6) is 0 Å². The number of hydrogen-bond donors (Lipinski definition) is 0. The van der Waals surface area contributed by atoms with Crippen LogP contribution in [0, 0.1) is 3.57 Å². The van der Waals surface area contributed by atoms with Crippen LogP contribution in [0.1, 0.15) is 43.8 Å². The number of tetrazole rings is 1. The summed E-state index contributed by atoms with van der Waals surface area (Å²) >= 11 is 5.90. The fourth-order valence-corrected chi connectivity index (χ4v) is 3.52. The van der Waals surface area contributed by atoms with E-state index in [2.05, 4.69) is 66.2 Å². The minimum atomic E-state index is 0.494. The van der Waals surface area contributed by atoms with Gasteiger partial charge in [-0.05, 0) is 80.0 Å². The van der Waals surface area contributed by atoms with Crippen molar-refractivity contribution in [1.29, 1.82) is 0 Å². The molecule has 2 aromatic rings. The predicted octanol–water partition coefficient (Wildman–Crippen LogP) is 4.08. The van der Waals surface area contributed by atoms with Crippen molar-refractivity contribution < 1.29 is 0 Å². The zero-order chi connectivity index (χ0) is 13.2. The molecule has 0 radical (unpaired) electrons. The van der Waals surface area contributed by atoms with Gasteiger partial charge in [0.1, 0.15) is 0 Å². The normalized spacial score (nSPS) is 16.7. The van der Waals surface area contributed by atoms with E-state index >= 15 is 0 Å². The molecule has 6 heteroatoms. The smallest absolute Gasteiger partial charge is 0.159 e. The fraction of sp³-hybridized carbons (Fsp3) is 0.462. The number of benzene rings is 1. The Bertz CT molecular complexity index is 578. The van der Waals surface area contributed by atoms with E-state index in [1.807, 2.05) is 10.7 Å². The summed E-state index contributed by atoms with van der Waals surface area (Å²) in [4.78, 5) is 0. The monoisotopic (exact) mass is 432 g/mol. The van der Waals surface area contributed by atoms with Crippen molar-refractivity contribution in [1.82, 2.24) is 20.2 Å². The standard InChI is InChI=1S/C13H14BrIN4/c14-11-7-6-10(15)8-12(11)19-13(16-17-18-19)9-4-2-1-3-5-9/h6-9H,1-5H2. The molecule has 1 aliphatic rings. The van der Waals surface area contributed by atoms with Gasteiger partial charge >= 0.3 is 0 Å². The van der Waals surface area contributed by atoms with Crippen LogP contribution in [0.15, 0.2) is 22.7 Å². The maximum absolute atomic E-state index is 4.27. The summed E-state index contributed by atoms with van der Waals surface area (Å²) < 4.78 is 4.10. The van der Waals surface area contributed by atoms with Crippen LogP contribution in [0.3, 0.4) is 0 Å². The molecular formula is C13H14BrIN4. The van der Waals surface area contributed by atoms with Gasteiger partial charge < -0.3 is 0 Å². The summed E-state index contributed by atoms with van der Waals surface area (Å²) in [5, 5.41) is 12.3. The van der Waals surface area contributed by atoms with E-state index in [0.717, 1.165) is 16.0 Å². The molecule has 4 nitrogen and oxygen atoms in total. The highest BCUT2D eigenvalue weighted by Crippen LogP contribution is 2.33. The van der Waals surface area contributed by atoms with Gasteiger partial charge in [0.2, 0.25) is 0 Å². The second-order valence-electron chi connectivity index (χ2n) is 4.88. The molecule has 0 aliphatic heterocycles. The summed E-state index contributed by atoms with van der Waals surface area (Å²) in [6.45, 7) is 0. The number of nitrogens with zero attached hydrogens (tertiary/aromatic N) is 4. The van der Waals surface area contributed by atoms with Gasteiger partial charge in [-0.2, -0.15) is 4.68 Å². The summed E-state index contributed by atoms with van der Waals surface area (Å²) in [5.74, 6) is 1.50. The topological polar surface area (TPSA) is 43.6 Å². The molecular weight excluding hydrogens is 419 g/mol. The maximum atomic E-state index is 4.27. The van der Waals surface area contributed by atoms with Crippen molar-refractivity contribution in [2.45, 2.75) is 38.0 Å². The third-order valence-electron chi connectivity index (χ3n) is 3.60. The highest BCUT2D eigenvalue weighted by Gasteiger charge is 2.23. The molecule has 1 heterocycles. The first kappa shape index (κ1) is 13.5. The molecule has 1 aromatic carbocycles. The Labute approximate surface area is 134 Å². The Balaban J connectivity index is 2.01. The third kappa shape index (κ3) is 2.84. The summed E-state index contributed by atoms with van der Waals surface area (Å²) in [5.41, 5.74) is 1.03. The summed E-state index contributed by atoms with van der Waals surface area (Å²) in [6.07, 6.45) is 6.30. The predicted molar refractivity (Wildman–Crippen MR) is 85.4 cm³/mol. The molecule has 0 unspecified atom stereocenters. The van der Waals surface area contributed by atoms with E-state index in [1.54, 1.807) is 0 Å². The van der Waals surface area contributed by atoms with Crippen molar-refractivity contribution in [3.05, 3.63) is 32.1 Å². The van der Waals surface area contributed by atoms with E-state index in [0.29, 0.717) is 5.92 Å². The zero-order valence-corrected chi connectivity index (χ0v) is 14.1. The molecule has 0 spiro atoms. The van der Waals surface area contributed by atoms with Crippen molar-refractivity contribution in [3.63, 3.8) is 0 Å². The zero-order valence-electron chi connectivity index (χ0n) is 10.4. The van der Waals surface area contributed by atoms with Crippen LogP contribution in [0.25, 0.3) is 5.69 Å². The number of aromatic nitrogens is 4. The Kier molecular flexibility index (Phi) is 4.16. The molecule has 0 atom stereocenters. The molecule has 0 N–H and O–H groups in total. The van der Waals surface area contributed by atoms with Crippen LogP contribution in [-0.4, -0.2) is 20.2 Å². The first-order chi connectivity index (χ1) is 9.25. The van der Waals surface area contributed by atoms with Gasteiger partial charge in [0.15, 0.2) is 5.82 Å². The minimum Gasteiger partial charge on any atom is -0.196 e. The molecule has 19 heavy (non-hydrogen) atoms. The van der Waals surface area contributed by atoms with Crippen LogP contribution >= 0.6 is 38.5 Å². The molecule has 0 saturated heterocycles. The molecule has 1 fully saturated rings. The van der Waals surface area contributed by atoms with E-state index in [-0.39, 0.29) is 0 Å². The molecule has 1 aliphatic carbocycles. The summed E-state index contributed by atoms with van der Waals surface area (Å²) in [7, 11) is 0. The largest absolute Gasteiger partial charge is 0.196 e. The van der Waals surface area contributed by atoms with Crippen molar-refractivity contribution >= 4 is 38.5 Å². The van der Waals surface area contributed by atoms with Crippen LogP contribution < -0.4 is 0 Å². The van der Waals surface area contributed by atoms with E-state index in [1.165, 1.54) is 35.7 Å². The second kappa shape index (κ2) is 5.87. The molecule has 100 valence electrons. The lowest BCUT2D eigenvalue weighted by Gasteiger charge is -2.20. The first-order valence-electron chi connectivity index (χ1n) is 6.49. The second-order valence-corrected chi connectivity index (χ2v) is 6.98. The van der Waals surface area contributed by atoms with Crippen LogP contribution in [-0.2, 0) is 0 Å². The van der Waals surface area contributed by atoms with Gasteiger partial charge in [0.25, 0.3) is 0 Å². The first-order valence-corrected chi connectivity index (χ1v) is 8.36. The average molecular weight is 433 g/mol. The van der Waals surface area contributed by atoms with Gasteiger partial charge in [-0.15, -0.1) is 5.10 Å².